The fraction of sp³-hybridized carbons (Fsp3) is 0.231. The second kappa shape index (κ2) is 4.22. The first-order chi connectivity index (χ1) is 7.25. The largest absolute Gasteiger partial charge is 0.467 e. The highest BCUT2D eigenvalue weighted by Crippen LogP contribution is 2.13. The summed E-state index contributed by atoms with van der Waals surface area (Å²) in [5, 5.41) is 3.33. The summed E-state index contributed by atoms with van der Waals surface area (Å²) in [6.45, 7) is 4.88. The van der Waals surface area contributed by atoms with E-state index in [9.17, 15) is 0 Å². The Morgan fingerprint density at radius 2 is 2.07 bits per heavy atom. The molecule has 2 rings (SSSR count). The molecule has 1 aromatic heterocycles. The van der Waals surface area contributed by atoms with E-state index in [-0.39, 0.29) is 0 Å². The number of hydrogen-bond acceptors (Lipinski definition) is 2. The van der Waals surface area contributed by atoms with Gasteiger partial charge in [0.2, 0.25) is 0 Å². The van der Waals surface area contributed by atoms with Crippen molar-refractivity contribution in [1.82, 2.24) is 0 Å². The highest BCUT2D eigenvalue weighted by atomic mass is 16.3. The topological polar surface area (TPSA) is 25.2 Å². The van der Waals surface area contributed by atoms with Crippen molar-refractivity contribution in [3.63, 3.8) is 0 Å². The number of rotatable bonds is 3. The summed E-state index contributed by atoms with van der Waals surface area (Å²) in [5.41, 5.74) is 3.58. The van der Waals surface area contributed by atoms with Crippen molar-refractivity contribution in [3.8, 4) is 0 Å². The predicted octanol–water partition coefficient (Wildman–Crippen LogP) is 3.51. The average molecular weight is 201 g/mol. The molecule has 0 amide bonds. The molecule has 0 radical (unpaired) electrons. The van der Waals surface area contributed by atoms with Gasteiger partial charge in [0.1, 0.15) is 5.76 Å². The maximum absolute atomic E-state index is 5.35. The Balaban J connectivity index is 2.02. The summed E-state index contributed by atoms with van der Waals surface area (Å²) in [7, 11) is 0. The molecule has 0 saturated carbocycles. The molecule has 78 valence electrons. The Bertz CT molecular complexity index is 445. The van der Waals surface area contributed by atoms with Crippen molar-refractivity contribution >= 4 is 5.69 Å². The molecule has 0 aliphatic heterocycles. The van der Waals surface area contributed by atoms with Crippen molar-refractivity contribution in [2.75, 3.05) is 5.32 Å². The fourth-order valence-electron chi connectivity index (χ4n) is 1.52. The van der Waals surface area contributed by atoms with Gasteiger partial charge < -0.3 is 9.73 Å². The highest BCUT2D eigenvalue weighted by molar-refractivity contribution is 5.45. The lowest BCUT2D eigenvalue weighted by Crippen LogP contribution is -1.99. The molecular formula is C13H15NO. The second-order valence-electron chi connectivity index (χ2n) is 3.75. The molecule has 0 aliphatic rings. The third-order valence-corrected chi connectivity index (χ3v) is 2.44. The molecule has 15 heavy (non-hydrogen) atoms. The quantitative estimate of drug-likeness (QED) is 0.822. The van der Waals surface area contributed by atoms with Gasteiger partial charge in [-0.1, -0.05) is 12.1 Å². The van der Waals surface area contributed by atoms with Gasteiger partial charge in [0.25, 0.3) is 0 Å². The molecule has 0 saturated heterocycles. The van der Waals surface area contributed by atoms with E-state index in [1.54, 1.807) is 6.26 Å². The van der Waals surface area contributed by atoms with E-state index in [2.05, 4.69) is 37.4 Å². The number of hydrogen-bond donors (Lipinski definition) is 1. The number of anilines is 1. The van der Waals surface area contributed by atoms with Crippen LogP contribution in [-0.4, -0.2) is 0 Å². The Morgan fingerprint density at radius 1 is 1.20 bits per heavy atom. The smallest absolute Gasteiger partial charge is 0.125 e. The zero-order chi connectivity index (χ0) is 10.7. The first-order valence-corrected chi connectivity index (χ1v) is 5.09. The Morgan fingerprint density at radius 3 is 2.73 bits per heavy atom. The van der Waals surface area contributed by atoms with Gasteiger partial charge in [0.15, 0.2) is 0 Å². The maximum atomic E-state index is 5.35. The van der Waals surface area contributed by atoms with Crippen LogP contribution in [0.1, 0.15) is 16.9 Å². The summed E-state index contributed by atoms with van der Waals surface area (Å²) in [4.78, 5) is 0. The van der Waals surface area contributed by atoms with Crippen LogP contribution in [0.4, 0.5) is 5.69 Å². The summed E-state index contributed by atoms with van der Waals surface area (Å²) in [6.07, 6.45) is 1.72. The van der Waals surface area contributed by atoms with Crippen molar-refractivity contribution in [2.45, 2.75) is 20.4 Å². The third kappa shape index (κ3) is 2.40. The Hall–Kier alpha value is -1.70. The normalized spacial score (nSPS) is 10.3. The summed E-state index contributed by atoms with van der Waals surface area (Å²) in [6, 6.07) is 10.3. The van der Waals surface area contributed by atoms with Crippen molar-refractivity contribution in [2.24, 2.45) is 0 Å². The van der Waals surface area contributed by atoms with Gasteiger partial charge in [-0.05, 0) is 43.2 Å². The van der Waals surface area contributed by atoms with E-state index in [1.165, 1.54) is 11.1 Å². The lowest BCUT2D eigenvalue weighted by molar-refractivity contribution is 0.515. The monoisotopic (exact) mass is 201 g/mol. The van der Waals surface area contributed by atoms with Gasteiger partial charge in [-0.25, -0.2) is 0 Å². The minimum absolute atomic E-state index is 0.738. The maximum Gasteiger partial charge on any atom is 0.125 e. The van der Waals surface area contributed by atoms with Gasteiger partial charge in [0, 0.05) is 5.69 Å². The SMILES string of the molecule is Cc1cccc(NCc2occc2C)c1. The second-order valence-corrected chi connectivity index (χ2v) is 3.75. The molecule has 0 atom stereocenters. The van der Waals surface area contributed by atoms with Crippen LogP contribution in [0, 0.1) is 13.8 Å². The predicted molar refractivity (Wildman–Crippen MR) is 62.0 cm³/mol. The zero-order valence-electron chi connectivity index (χ0n) is 9.08. The Labute approximate surface area is 89.9 Å². The molecule has 0 bridgehead atoms. The molecule has 1 N–H and O–H groups in total. The number of furan rings is 1. The van der Waals surface area contributed by atoms with Crippen molar-refractivity contribution in [1.29, 1.82) is 0 Å². The third-order valence-electron chi connectivity index (χ3n) is 2.44. The van der Waals surface area contributed by atoms with Crippen molar-refractivity contribution < 1.29 is 4.42 Å². The molecule has 1 aromatic carbocycles. The van der Waals surface area contributed by atoms with Crippen LogP contribution >= 0.6 is 0 Å². The fourth-order valence-corrected chi connectivity index (χ4v) is 1.52. The van der Waals surface area contributed by atoms with E-state index in [0.717, 1.165) is 18.0 Å². The number of benzene rings is 1. The van der Waals surface area contributed by atoms with Crippen LogP contribution in [0.15, 0.2) is 41.0 Å². The molecule has 2 heteroatoms. The minimum atomic E-state index is 0.738. The molecule has 1 heterocycles. The molecular weight excluding hydrogens is 186 g/mol. The van der Waals surface area contributed by atoms with E-state index < -0.39 is 0 Å². The van der Waals surface area contributed by atoms with Crippen LogP contribution in [0.5, 0.6) is 0 Å². The van der Waals surface area contributed by atoms with E-state index in [4.69, 9.17) is 4.42 Å². The van der Waals surface area contributed by atoms with Gasteiger partial charge in [-0.2, -0.15) is 0 Å². The zero-order valence-corrected chi connectivity index (χ0v) is 9.08. The first-order valence-electron chi connectivity index (χ1n) is 5.09. The molecule has 0 aliphatic carbocycles. The molecule has 0 unspecified atom stereocenters. The molecule has 2 nitrogen and oxygen atoms in total. The minimum Gasteiger partial charge on any atom is -0.467 e. The number of nitrogens with one attached hydrogen (secondary N) is 1. The highest BCUT2D eigenvalue weighted by Gasteiger charge is 2.00. The molecule has 0 spiro atoms. The van der Waals surface area contributed by atoms with E-state index >= 15 is 0 Å². The molecule has 0 fully saturated rings. The van der Waals surface area contributed by atoms with Crippen LogP contribution in [-0.2, 0) is 6.54 Å². The lowest BCUT2D eigenvalue weighted by Gasteiger charge is -2.05. The summed E-state index contributed by atoms with van der Waals surface area (Å²) in [5.74, 6) is 0.997. The number of aryl methyl sites for hydroxylation is 2. The Kier molecular flexibility index (Phi) is 2.77. The van der Waals surface area contributed by atoms with Crippen LogP contribution < -0.4 is 5.32 Å². The first kappa shape index (κ1) is 9.84. The molecule has 2 aromatic rings. The van der Waals surface area contributed by atoms with Crippen LogP contribution in [0.3, 0.4) is 0 Å². The van der Waals surface area contributed by atoms with Gasteiger partial charge in [-0.3, -0.25) is 0 Å². The van der Waals surface area contributed by atoms with E-state index in [1.807, 2.05) is 12.1 Å². The van der Waals surface area contributed by atoms with Crippen molar-refractivity contribution in [3.05, 3.63) is 53.5 Å². The van der Waals surface area contributed by atoms with Gasteiger partial charge in [-0.15, -0.1) is 0 Å². The van der Waals surface area contributed by atoms with E-state index in [0.29, 0.717) is 0 Å². The van der Waals surface area contributed by atoms with Crippen LogP contribution in [0.2, 0.25) is 0 Å². The average Bonchev–Trinajstić information content (AvgIpc) is 2.61. The standard InChI is InChI=1S/C13H15NO/c1-10-4-3-5-12(8-10)14-9-13-11(2)6-7-15-13/h3-8,14H,9H2,1-2H3. The van der Waals surface area contributed by atoms with Crippen LogP contribution in [0.25, 0.3) is 0 Å². The van der Waals surface area contributed by atoms with Gasteiger partial charge in [0.05, 0.1) is 12.8 Å². The lowest BCUT2D eigenvalue weighted by atomic mass is 10.2. The van der Waals surface area contributed by atoms with Gasteiger partial charge >= 0.3 is 0 Å². The summed E-state index contributed by atoms with van der Waals surface area (Å²) < 4.78 is 5.35. The summed E-state index contributed by atoms with van der Waals surface area (Å²) >= 11 is 0.